The number of imidazole rings is 1. The van der Waals surface area contributed by atoms with Gasteiger partial charge in [0.05, 0.1) is 11.9 Å². The van der Waals surface area contributed by atoms with Crippen LogP contribution in [-0.4, -0.2) is 14.6 Å². The van der Waals surface area contributed by atoms with Gasteiger partial charge in [-0.3, -0.25) is 9.61 Å². The van der Waals surface area contributed by atoms with E-state index in [1.54, 1.807) is 18.6 Å². The number of hydrogen-bond donors (Lipinski definition) is 2. The number of halogens is 1. The zero-order chi connectivity index (χ0) is 17.2. The Morgan fingerprint density at radius 2 is 1.84 bits per heavy atom. The molecule has 0 unspecified atom stereocenters. The number of fused-ring (bicyclic) bond motifs is 1. The minimum Gasteiger partial charge on any atom is -0.378 e. The van der Waals surface area contributed by atoms with Gasteiger partial charge in [-0.25, -0.2) is 4.98 Å². The third kappa shape index (κ3) is 3.21. The fourth-order valence-electron chi connectivity index (χ4n) is 2.74. The highest BCUT2D eigenvalue weighted by Gasteiger charge is 2.10. The lowest BCUT2D eigenvalue weighted by molar-refractivity contribution is -0.904. The van der Waals surface area contributed by atoms with E-state index in [0.717, 1.165) is 37.4 Å². The van der Waals surface area contributed by atoms with E-state index >= 15 is 0 Å². The quantitative estimate of drug-likeness (QED) is 0.407. The van der Waals surface area contributed by atoms with Crippen molar-refractivity contribution in [3.05, 3.63) is 83.5 Å². The zero-order valence-corrected chi connectivity index (χ0v) is 14.9. The summed E-state index contributed by atoms with van der Waals surface area (Å²) in [5.41, 5.74) is 5.14. The first kappa shape index (κ1) is 15.7. The normalized spacial score (nSPS) is 10.9. The lowest BCUT2D eigenvalue weighted by Gasteiger charge is -2.11. The van der Waals surface area contributed by atoms with E-state index in [1.807, 2.05) is 34.7 Å². The fourth-order valence-corrected chi connectivity index (χ4v) is 3.11. The summed E-state index contributed by atoms with van der Waals surface area (Å²) in [4.78, 5) is 4.49. The van der Waals surface area contributed by atoms with Crippen molar-refractivity contribution in [2.75, 3.05) is 5.32 Å². The maximum atomic E-state index is 9.33. The first-order valence-electron chi connectivity index (χ1n) is 7.86. The van der Waals surface area contributed by atoms with Crippen LogP contribution in [0.4, 0.5) is 5.69 Å². The van der Waals surface area contributed by atoms with Crippen LogP contribution in [0, 0.1) is 0 Å². The average molecular weight is 396 g/mol. The van der Waals surface area contributed by atoms with Crippen molar-refractivity contribution in [3.8, 4) is 11.1 Å². The van der Waals surface area contributed by atoms with Gasteiger partial charge in [-0.2, -0.15) is 0 Å². The Morgan fingerprint density at radius 1 is 1.08 bits per heavy atom. The molecule has 5 nitrogen and oxygen atoms in total. The van der Waals surface area contributed by atoms with Gasteiger partial charge in [-0.15, -0.1) is 0 Å². The summed E-state index contributed by atoms with van der Waals surface area (Å²) in [6, 6.07) is 16.1. The molecule has 25 heavy (non-hydrogen) atoms. The van der Waals surface area contributed by atoms with Crippen molar-refractivity contribution in [3.63, 3.8) is 0 Å². The Morgan fingerprint density at radius 3 is 2.60 bits per heavy atom. The van der Waals surface area contributed by atoms with Gasteiger partial charge in [0.1, 0.15) is 4.60 Å². The topological polar surface area (TPSA) is 53.4 Å². The molecule has 6 heteroatoms. The highest BCUT2D eigenvalue weighted by Crippen LogP contribution is 2.28. The number of aromatic nitrogens is 3. The minimum atomic E-state index is 0.638. The van der Waals surface area contributed by atoms with E-state index in [4.69, 9.17) is 0 Å². The molecule has 124 valence electrons. The number of pyridine rings is 2. The van der Waals surface area contributed by atoms with Crippen molar-refractivity contribution >= 4 is 27.3 Å². The van der Waals surface area contributed by atoms with Gasteiger partial charge >= 0.3 is 0 Å². The Hall–Kier alpha value is -2.86. The number of nitrogens with zero attached hydrogens (tertiary/aromatic N) is 3. The first-order valence-corrected chi connectivity index (χ1v) is 8.65. The summed E-state index contributed by atoms with van der Waals surface area (Å²) < 4.78 is 3.96. The molecule has 0 saturated heterocycles. The van der Waals surface area contributed by atoms with Gasteiger partial charge in [-0.05, 0) is 33.1 Å². The SMILES string of the molecule is O[n+]1ccc(CNc2cc(-c3ccccc3)cn3c(Br)cnc23)cc1. The minimum absolute atomic E-state index is 0.638. The molecule has 0 amide bonds. The number of benzene rings is 1. The van der Waals surface area contributed by atoms with E-state index in [9.17, 15) is 5.21 Å². The predicted molar refractivity (Wildman–Crippen MR) is 99.5 cm³/mol. The Balaban J connectivity index is 1.72. The Labute approximate surface area is 153 Å². The third-order valence-electron chi connectivity index (χ3n) is 4.03. The number of hydrogen-bond acceptors (Lipinski definition) is 3. The number of anilines is 1. The zero-order valence-electron chi connectivity index (χ0n) is 13.3. The second kappa shape index (κ2) is 6.57. The monoisotopic (exact) mass is 395 g/mol. The van der Waals surface area contributed by atoms with Crippen LogP contribution in [0.2, 0.25) is 0 Å². The molecule has 0 radical (unpaired) electrons. The molecule has 0 aliphatic heterocycles. The third-order valence-corrected chi connectivity index (χ3v) is 4.62. The van der Waals surface area contributed by atoms with Crippen molar-refractivity contribution in [1.82, 2.24) is 9.38 Å². The maximum Gasteiger partial charge on any atom is 0.222 e. The van der Waals surface area contributed by atoms with Crippen molar-refractivity contribution in [1.29, 1.82) is 0 Å². The second-order valence-electron chi connectivity index (χ2n) is 5.72. The molecule has 4 aromatic rings. The molecular formula is C19H16BrN4O+. The van der Waals surface area contributed by atoms with E-state index in [2.05, 4.69) is 50.6 Å². The summed E-state index contributed by atoms with van der Waals surface area (Å²) in [5.74, 6) is 0. The standard InChI is InChI=1S/C19H16BrN4O/c20-18-12-22-19-17(21-11-14-6-8-23(25)9-7-14)10-16(13-24(18)19)15-4-2-1-3-5-15/h1-10,12-13,21,25H,11H2/q+1. The van der Waals surface area contributed by atoms with Crippen LogP contribution < -0.4 is 10.0 Å². The van der Waals surface area contributed by atoms with Crippen LogP contribution in [0.25, 0.3) is 16.8 Å². The van der Waals surface area contributed by atoms with E-state index < -0.39 is 0 Å². The Bertz CT molecular complexity index is 1010. The van der Waals surface area contributed by atoms with E-state index in [-0.39, 0.29) is 0 Å². The van der Waals surface area contributed by atoms with Gasteiger partial charge < -0.3 is 5.32 Å². The van der Waals surface area contributed by atoms with Crippen molar-refractivity contribution in [2.24, 2.45) is 0 Å². The maximum absolute atomic E-state index is 9.33. The van der Waals surface area contributed by atoms with Gasteiger partial charge in [0.25, 0.3) is 0 Å². The summed E-state index contributed by atoms with van der Waals surface area (Å²) in [6.07, 6.45) is 7.09. The lowest BCUT2D eigenvalue weighted by Crippen LogP contribution is -2.28. The van der Waals surface area contributed by atoms with E-state index in [0.29, 0.717) is 6.54 Å². The highest BCUT2D eigenvalue weighted by atomic mass is 79.9. The molecule has 0 aliphatic carbocycles. The second-order valence-corrected chi connectivity index (χ2v) is 6.54. The van der Waals surface area contributed by atoms with Crippen LogP contribution >= 0.6 is 15.9 Å². The van der Waals surface area contributed by atoms with Crippen LogP contribution in [0.15, 0.2) is 77.9 Å². The molecule has 0 saturated carbocycles. The van der Waals surface area contributed by atoms with Crippen molar-refractivity contribution < 1.29 is 9.94 Å². The smallest absolute Gasteiger partial charge is 0.222 e. The van der Waals surface area contributed by atoms with Gasteiger partial charge in [0.2, 0.25) is 12.4 Å². The summed E-state index contributed by atoms with van der Waals surface area (Å²) in [5, 5.41) is 12.8. The predicted octanol–water partition coefficient (Wildman–Crippen LogP) is 3.90. The molecule has 0 spiro atoms. The molecule has 1 aromatic carbocycles. The molecule has 3 aromatic heterocycles. The first-order chi connectivity index (χ1) is 12.2. The van der Waals surface area contributed by atoms with Gasteiger partial charge in [0.15, 0.2) is 5.65 Å². The highest BCUT2D eigenvalue weighted by molar-refractivity contribution is 9.10. The number of rotatable bonds is 4. The summed E-state index contributed by atoms with van der Waals surface area (Å²) >= 11 is 3.55. The van der Waals surface area contributed by atoms with Crippen LogP contribution in [0.5, 0.6) is 0 Å². The molecule has 0 fully saturated rings. The molecule has 3 heterocycles. The van der Waals surface area contributed by atoms with Crippen LogP contribution in [0.1, 0.15) is 5.56 Å². The molecule has 2 N–H and O–H groups in total. The van der Waals surface area contributed by atoms with Crippen LogP contribution in [0.3, 0.4) is 0 Å². The molecule has 0 aliphatic rings. The van der Waals surface area contributed by atoms with E-state index in [1.165, 1.54) is 0 Å². The lowest BCUT2D eigenvalue weighted by atomic mass is 10.1. The fraction of sp³-hybridized carbons (Fsp3) is 0.0526. The molecular weight excluding hydrogens is 380 g/mol. The number of nitrogens with one attached hydrogen (secondary N) is 1. The molecule has 4 rings (SSSR count). The molecule has 0 bridgehead atoms. The van der Waals surface area contributed by atoms with Gasteiger partial charge in [0, 0.05) is 35.2 Å². The summed E-state index contributed by atoms with van der Waals surface area (Å²) in [7, 11) is 0. The van der Waals surface area contributed by atoms with Crippen LogP contribution in [-0.2, 0) is 6.54 Å². The molecule has 0 atom stereocenters. The average Bonchev–Trinajstić information content (AvgIpc) is 3.03. The summed E-state index contributed by atoms with van der Waals surface area (Å²) in [6.45, 7) is 0.638. The Kier molecular flexibility index (Phi) is 4.11. The largest absolute Gasteiger partial charge is 0.378 e. The van der Waals surface area contributed by atoms with Gasteiger partial charge in [-0.1, -0.05) is 30.3 Å². The van der Waals surface area contributed by atoms with Crippen molar-refractivity contribution in [2.45, 2.75) is 6.54 Å².